The van der Waals surface area contributed by atoms with Gasteiger partial charge in [-0.15, -0.1) is 11.6 Å². The number of hydrogen-bond donors (Lipinski definition) is 8. The minimum atomic E-state index is -3.53. The van der Waals surface area contributed by atoms with Crippen LogP contribution in [0.4, 0.5) is 11.4 Å². The zero-order valence-corrected chi connectivity index (χ0v) is 27.3. The van der Waals surface area contributed by atoms with Gasteiger partial charge in [0.1, 0.15) is 17.1 Å². The van der Waals surface area contributed by atoms with Crippen LogP contribution in [0.25, 0.3) is 11.1 Å². The molecule has 0 fully saturated rings. The SMILES string of the molecule is Cc1c(NC(=O)c2[nH]cc(NC(=O)c3c(C)c(-c4ccc(S(=O)(=O)CCCl)cc4)cn3NC=O)c2C)c[nH]c1C(=O)NCCC(=N)N. The summed E-state index contributed by atoms with van der Waals surface area (Å²) in [4.78, 5) is 56.3. The minimum Gasteiger partial charge on any atom is -0.388 e. The molecule has 3 heterocycles. The molecule has 0 spiro atoms. The number of carbonyl (C=O) groups excluding carboxylic acids is 4. The fourth-order valence-electron chi connectivity index (χ4n) is 4.88. The molecule has 3 aromatic heterocycles. The van der Waals surface area contributed by atoms with E-state index in [0.29, 0.717) is 45.6 Å². The van der Waals surface area contributed by atoms with Crippen LogP contribution in [0.2, 0.25) is 0 Å². The van der Waals surface area contributed by atoms with E-state index in [0.717, 1.165) is 0 Å². The van der Waals surface area contributed by atoms with E-state index < -0.39 is 27.6 Å². The second-order valence-electron chi connectivity index (χ2n) is 10.5. The van der Waals surface area contributed by atoms with Crippen LogP contribution in [-0.2, 0) is 14.6 Å². The monoisotopic (exact) mass is 683 g/mol. The first-order valence-corrected chi connectivity index (χ1v) is 16.4. The molecular weight excluding hydrogens is 650 g/mol. The topological polar surface area (TPSA) is 237 Å². The highest BCUT2D eigenvalue weighted by Gasteiger charge is 2.24. The van der Waals surface area contributed by atoms with Crippen LogP contribution < -0.4 is 27.1 Å². The first-order valence-electron chi connectivity index (χ1n) is 14.2. The summed E-state index contributed by atoms with van der Waals surface area (Å²) in [6.07, 6.45) is 5.10. The standard InChI is InChI=1S/C30H34ClN9O6S/c1-16-21(19-4-6-20(7-5-19)47(45,46)11-9-31)14-40(37-15-41)27(16)30(44)39-23-13-36-26(18(23)3)29(43)38-22-12-35-25(17(22)2)28(42)34-10-8-24(32)33/h4-7,12-15,35-36H,8-11H2,1-3H3,(H3,32,33)(H,34,42)(H,37,41)(H,38,43)(H,39,44). The Morgan fingerprint density at radius 2 is 1.51 bits per heavy atom. The number of alkyl halides is 1. The fourth-order valence-corrected chi connectivity index (χ4v) is 6.48. The molecule has 47 heavy (non-hydrogen) atoms. The molecule has 0 aliphatic carbocycles. The van der Waals surface area contributed by atoms with Gasteiger partial charge in [0.25, 0.3) is 17.7 Å². The van der Waals surface area contributed by atoms with Gasteiger partial charge in [-0.3, -0.25) is 34.7 Å². The van der Waals surface area contributed by atoms with E-state index >= 15 is 0 Å². The molecular formula is C30H34ClN9O6S. The predicted molar refractivity (Wildman–Crippen MR) is 179 cm³/mol. The van der Waals surface area contributed by atoms with Crippen LogP contribution >= 0.6 is 11.6 Å². The number of carbonyl (C=O) groups is 4. The Morgan fingerprint density at radius 1 is 0.936 bits per heavy atom. The molecule has 0 aliphatic rings. The second kappa shape index (κ2) is 14.4. The zero-order chi connectivity index (χ0) is 34.5. The van der Waals surface area contributed by atoms with Gasteiger partial charge in [0, 0.05) is 54.1 Å². The Labute approximate surface area is 275 Å². The maximum atomic E-state index is 13.5. The Kier molecular flexibility index (Phi) is 10.6. The molecule has 4 aromatic rings. The molecule has 0 saturated carbocycles. The predicted octanol–water partition coefficient (Wildman–Crippen LogP) is 3.01. The van der Waals surface area contributed by atoms with Crippen molar-refractivity contribution in [2.24, 2.45) is 5.73 Å². The normalized spacial score (nSPS) is 11.1. The van der Waals surface area contributed by atoms with E-state index in [2.05, 4.69) is 31.3 Å². The number of hydrogen-bond acceptors (Lipinski definition) is 7. The lowest BCUT2D eigenvalue weighted by atomic mass is 10.0. The van der Waals surface area contributed by atoms with Gasteiger partial charge in [-0.2, -0.15) is 0 Å². The summed E-state index contributed by atoms with van der Waals surface area (Å²) in [5.41, 5.74) is 11.6. The van der Waals surface area contributed by atoms with E-state index in [4.69, 9.17) is 22.7 Å². The minimum absolute atomic E-state index is 0.0348. The summed E-state index contributed by atoms with van der Waals surface area (Å²) in [5, 5.41) is 15.4. The van der Waals surface area contributed by atoms with Crippen molar-refractivity contribution in [1.82, 2.24) is 20.0 Å². The van der Waals surface area contributed by atoms with Gasteiger partial charge in [-0.05, 0) is 44.0 Å². The first kappa shape index (κ1) is 34.5. The highest BCUT2D eigenvalue weighted by molar-refractivity contribution is 7.91. The van der Waals surface area contributed by atoms with Crippen molar-refractivity contribution in [1.29, 1.82) is 5.41 Å². The number of H-pyrrole nitrogens is 2. The average molecular weight is 684 g/mol. The Hall–Kier alpha value is -5.35. The summed E-state index contributed by atoms with van der Waals surface area (Å²) in [6.45, 7) is 5.18. The summed E-state index contributed by atoms with van der Waals surface area (Å²) in [6, 6.07) is 6.12. The van der Waals surface area contributed by atoms with Crippen LogP contribution in [0.3, 0.4) is 0 Å². The van der Waals surface area contributed by atoms with E-state index in [9.17, 15) is 27.6 Å². The maximum Gasteiger partial charge on any atom is 0.274 e. The fraction of sp³-hybridized carbons (Fsp3) is 0.233. The van der Waals surface area contributed by atoms with Gasteiger partial charge in [-0.25, -0.2) is 8.42 Å². The number of amides is 4. The van der Waals surface area contributed by atoms with Crippen molar-refractivity contribution in [3.63, 3.8) is 0 Å². The lowest BCUT2D eigenvalue weighted by Gasteiger charge is -2.10. The van der Waals surface area contributed by atoms with Gasteiger partial charge in [0.15, 0.2) is 9.84 Å². The molecule has 9 N–H and O–H groups in total. The van der Waals surface area contributed by atoms with Crippen LogP contribution in [0, 0.1) is 26.2 Å². The van der Waals surface area contributed by atoms with Crippen molar-refractivity contribution in [3.05, 3.63) is 76.6 Å². The van der Waals surface area contributed by atoms with Gasteiger partial charge < -0.3 is 31.7 Å². The molecule has 0 saturated heterocycles. The average Bonchev–Trinajstić information content (AvgIpc) is 3.67. The van der Waals surface area contributed by atoms with Crippen molar-refractivity contribution in [3.8, 4) is 11.1 Å². The molecule has 0 aliphatic heterocycles. The Bertz CT molecular complexity index is 1960. The van der Waals surface area contributed by atoms with Crippen molar-refractivity contribution in [2.75, 3.05) is 34.2 Å². The van der Waals surface area contributed by atoms with Crippen LogP contribution in [-0.4, -0.2) is 71.2 Å². The van der Waals surface area contributed by atoms with Crippen molar-refractivity contribution < 1.29 is 27.6 Å². The van der Waals surface area contributed by atoms with Gasteiger partial charge in [0.2, 0.25) is 6.41 Å². The number of halogens is 1. The third kappa shape index (κ3) is 7.56. The number of nitrogens with one attached hydrogen (secondary N) is 7. The van der Waals surface area contributed by atoms with Gasteiger partial charge >= 0.3 is 0 Å². The third-order valence-corrected chi connectivity index (χ3v) is 9.59. The molecule has 0 bridgehead atoms. The largest absolute Gasteiger partial charge is 0.388 e. The molecule has 1 aromatic carbocycles. The lowest BCUT2D eigenvalue weighted by molar-refractivity contribution is -0.106. The van der Waals surface area contributed by atoms with E-state index in [1.807, 2.05) is 0 Å². The molecule has 4 rings (SSSR count). The molecule has 248 valence electrons. The number of benzene rings is 1. The number of aromatic nitrogens is 3. The quantitative estimate of drug-likeness (QED) is 0.0427. The number of nitrogens with two attached hydrogens (primary N) is 1. The van der Waals surface area contributed by atoms with Crippen LogP contribution in [0.5, 0.6) is 0 Å². The molecule has 4 amide bonds. The number of anilines is 2. The summed E-state index contributed by atoms with van der Waals surface area (Å²) in [7, 11) is -3.53. The molecule has 0 unspecified atom stereocenters. The first-order chi connectivity index (χ1) is 22.3. The lowest BCUT2D eigenvalue weighted by Crippen LogP contribution is -2.28. The number of sulfone groups is 1. The zero-order valence-electron chi connectivity index (χ0n) is 25.7. The van der Waals surface area contributed by atoms with Crippen molar-refractivity contribution >= 4 is 62.8 Å². The van der Waals surface area contributed by atoms with Gasteiger partial charge in [-0.1, -0.05) is 12.1 Å². The Balaban J connectivity index is 1.52. The smallest absolute Gasteiger partial charge is 0.274 e. The van der Waals surface area contributed by atoms with E-state index in [1.165, 1.54) is 29.2 Å². The maximum absolute atomic E-state index is 13.5. The number of aromatic amines is 2. The number of rotatable bonds is 14. The third-order valence-electron chi connectivity index (χ3n) is 7.45. The van der Waals surface area contributed by atoms with Crippen LogP contribution in [0.15, 0.2) is 47.8 Å². The summed E-state index contributed by atoms with van der Waals surface area (Å²) < 4.78 is 26.0. The Morgan fingerprint density at radius 3 is 2.06 bits per heavy atom. The molecule has 0 atom stereocenters. The molecule has 15 nitrogen and oxygen atoms in total. The molecule has 17 heteroatoms. The second-order valence-corrected chi connectivity index (χ2v) is 13.0. The van der Waals surface area contributed by atoms with E-state index in [-0.39, 0.29) is 52.4 Å². The summed E-state index contributed by atoms with van der Waals surface area (Å²) in [5.74, 6) is -1.80. The van der Waals surface area contributed by atoms with Crippen LogP contribution in [0.1, 0.15) is 54.6 Å². The van der Waals surface area contributed by atoms with Gasteiger partial charge in [0.05, 0.1) is 27.9 Å². The van der Waals surface area contributed by atoms with E-state index in [1.54, 1.807) is 39.1 Å². The number of amidine groups is 1. The highest BCUT2D eigenvalue weighted by Crippen LogP contribution is 2.30. The summed E-state index contributed by atoms with van der Waals surface area (Å²) >= 11 is 5.62. The molecule has 0 radical (unpaired) electrons. The number of nitrogens with zero attached hydrogens (tertiary/aromatic N) is 1. The highest BCUT2D eigenvalue weighted by atomic mass is 35.5. The van der Waals surface area contributed by atoms with Crippen molar-refractivity contribution in [2.45, 2.75) is 32.1 Å².